The van der Waals surface area contributed by atoms with E-state index in [-0.39, 0.29) is 15.7 Å². The average Bonchev–Trinajstić information content (AvgIpc) is 2.37. The molecule has 0 saturated carbocycles. The summed E-state index contributed by atoms with van der Waals surface area (Å²) in [5, 5.41) is -0.312. The summed E-state index contributed by atoms with van der Waals surface area (Å²) < 4.78 is 53.2. The SMILES string of the molecule is Nc1cc(Cl)cc(S(=O)(=O)Nc2ccc(F)c(Cl)c2)c1F. The van der Waals surface area contributed by atoms with Crippen molar-refractivity contribution < 1.29 is 17.2 Å². The van der Waals surface area contributed by atoms with Crippen molar-refractivity contribution in [3.05, 3.63) is 52.0 Å². The molecule has 2 aromatic rings. The van der Waals surface area contributed by atoms with E-state index in [9.17, 15) is 17.2 Å². The average molecular weight is 353 g/mol. The molecule has 112 valence electrons. The van der Waals surface area contributed by atoms with Crippen LogP contribution in [0.1, 0.15) is 0 Å². The lowest BCUT2D eigenvalue weighted by Crippen LogP contribution is -2.15. The Morgan fingerprint density at radius 1 is 1.10 bits per heavy atom. The van der Waals surface area contributed by atoms with E-state index in [4.69, 9.17) is 28.9 Å². The predicted molar refractivity (Wildman–Crippen MR) is 78.0 cm³/mol. The van der Waals surface area contributed by atoms with Crippen molar-refractivity contribution in [2.24, 2.45) is 0 Å². The monoisotopic (exact) mass is 352 g/mol. The Morgan fingerprint density at radius 2 is 1.76 bits per heavy atom. The fraction of sp³-hybridized carbons (Fsp3) is 0. The summed E-state index contributed by atoms with van der Waals surface area (Å²) >= 11 is 11.2. The number of hydrogen-bond acceptors (Lipinski definition) is 3. The van der Waals surface area contributed by atoms with E-state index < -0.39 is 32.2 Å². The van der Waals surface area contributed by atoms with Crippen LogP contribution in [0.15, 0.2) is 35.2 Å². The Labute approximate surface area is 129 Å². The second-order valence-corrected chi connectivity index (χ2v) is 6.54. The fourth-order valence-corrected chi connectivity index (χ4v) is 3.20. The molecule has 0 unspecified atom stereocenters. The van der Waals surface area contributed by atoms with Crippen molar-refractivity contribution >= 4 is 44.6 Å². The molecular formula is C12H8Cl2F2N2O2S. The summed E-state index contributed by atoms with van der Waals surface area (Å²) in [4.78, 5) is -0.715. The number of hydrogen-bond donors (Lipinski definition) is 2. The summed E-state index contributed by atoms with van der Waals surface area (Å²) in [6.07, 6.45) is 0. The minimum Gasteiger partial charge on any atom is -0.396 e. The second-order valence-electron chi connectivity index (χ2n) is 4.04. The van der Waals surface area contributed by atoms with Crippen molar-refractivity contribution in [1.82, 2.24) is 0 Å². The molecule has 0 atom stereocenters. The molecule has 9 heteroatoms. The zero-order valence-electron chi connectivity index (χ0n) is 10.2. The van der Waals surface area contributed by atoms with Crippen LogP contribution >= 0.6 is 23.2 Å². The Balaban J connectivity index is 2.45. The molecule has 4 nitrogen and oxygen atoms in total. The molecule has 0 aliphatic heterocycles. The first-order chi connectivity index (χ1) is 9.70. The van der Waals surface area contributed by atoms with Gasteiger partial charge in [-0.05, 0) is 30.3 Å². The maximum atomic E-state index is 13.8. The lowest BCUT2D eigenvalue weighted by atomic mass is 10.3. The maximum Gasteiger partial charge on any atom is 0.264 e. The number of nitrogen functional groups attached to an aromatic ring is 1. The molecule has 3 N–H and O–H groups in total. The van der Waals surface area contributed by atoms with Crippen LogP contribution in [0.3, 0.4) is 0 Å². The molecule has 0 spiro atoms. The fourth-order valence-electron chi connectivity index (χ4n) is 1.55. The third-order valence-corrected chi connectivity index (χ3v) is 4.38. The summed E-state index contributed by atoms with van der Waals surface area (Å²) in [6, 6.07) is 5.18. The van der Waals surface area contributed by atoms with Crippen molar-refractivity contribution in [2.45, 2.75) is 4.90 Å². The van der Waals surface area contributed by atoms with Crippen molar-refractivity contribution in [1.29, 1.82) is 0 Å². The third kappa shape index (κ3) is 3.37. The summed E-state index contributed by atoms with van der Waals surface area (Å²) in [7, 11) is -4.29. The lowest BCUT2D eigenvalue weighted by Gasteiger charge is -2.11. The van der Waals surface area contributed by atoms with E-state index in [1.807, 2.05) is 0 Å². The zero-order chi connectivity index (χ0) is 15.8. The van der Waals surface area contributed by atoms with Gasteiger partial charge in [-0.25, -0.2) is 17.2 Å². The van der Waals surface area contributed by atoms with Crippen LogP contribution in [0, 0.1) is 11.6 Å². The third-order valence-electron chi connectivity index (χ3n) is 2.49. The molecule has 0 radical (unpaired) electrons. The number of nitrogens with one attached hydrogen (secondary N) is 1. The van der Waals surface area contributed by atoms with Gasteiger partial charge in [0.05, 0.1) is 16.4 Å². The van der Waals surface area contributed by atoms with Crippen molar-refractivity contribution in [3.8, 4) is 0 Å². The lowest BCUT2D eigenvalue weighted by molar-refractivity contribution is 0.573. The Kier molecular flexibility index (Phi) is 4.27. The van der Waals surface area contributed by atoms with Crippen LogP contribution in [0.5, 0.6) is 0 Å². The first kappa shape index (κ1) is 15.8. The van der Waals surface area contributed by atoms with E-state index in [1.54, 1.807) is 0 Å². The summed E-state index contributed by atoms with van der Waals surface area (Å²) in [5.41, 5.74) is 4.90. The highest BCUT2D eigenvalue weighted by Gasteiger charge is 2.22. The van der Waals surface area contributed by atoms with Crippen molar-refractivity contribution in [3.63, 3.8) is 0 Å². The minimum absolute atomic E-state index is 0.0284. The first-order valence-corrected chi connectivity index (χ1v) is 7.67. The van der Waals surface area contributed by atoms with Crippen LogP contribution < -0.4 is 10.5 Å². The van der Waals surface area contributed by atoms with E-state index in [1.165, 1.54) is 0 Å². The van der Waals surface area contributed by atoms with Crippen LogP contribution in [0.4, 0.5) is 20.2 Å². The quantitative estimate of drug-likeness (QED) is 0.828. The first-order valence-electron chi connectivity index (χ1n) is 5.43. The number of benzene rings is 2. The van der Waals surface area contributed by atoms with E-state index in [0.717, 1.165) is 30.3 Å². The largest absolute Gasteiger partial charge is 0.396 e. The molecular weight excluding hydrogens is 345 g/mol. The highest BCUT2D eigenvalue weighted by Crippen LogP contribution is 2.28. The molecule has 21 heavy (non-hydrogen) atoms. The molecule has 0 amide bonds. The van der Waals surface area contributed by atoms with Crippen LogP contribution in [0.2, 0.25) is 10.0 Å². The highest BCUT2D eigenvalue weighted by molar-refractivity contribution is 7.92. The number of sulfonamides is 1. The van der Waals surface area contributed by atoms with Gasteiger partial charge in [-0.3, -0.25) is 4.72 Å². The van der Waals surface area contributed by atoms with Gasteiger partial charge in [0, 0.05) is 5.02 Å². The molecule has 0 heterocycles. The molecule has 0 aliphatic rings. The normalized spacial score (nSPS) is 11.4. The maximum absolute atomic E-state index is 13.8. The van der Waals surface area contributed by atoms with Gasteiger partial charge >= 0.3 is 0 Å². The number of nitrogens with two attached hydrogens (primary N) is 1. The van der Waals surface area contributed by atoms with Crippen LogP contribution in [-0.2, 0) is 10.0 Å². The molecule has 0 saturated heterocycles. The number of rotatable bonds is 3. The number of anilines is 2. The zero-order valence-corrected chi connectivity index (χ0v) is 12.5. The second kappa shape index (κ2) is 5.67. The van der Waals surface area contributed by atoms with Gasteiger partial charge in [0.2, 0.25) is 0 Å². The topological polar surface area (TPSA) is 72.2 Å². The predicted octanol–water partition coefficient (Wildman–Crippen LogP) is 3.65. The van der Waals surface area contributed by atoms with E-state index >= 15 is 0 Å². The van der Waals surface area contributed by atoms with Gasteiger partial charge in [-0.15, -0.1) is 0 Å². The standard InChI is InChI=1S/C12H8Cl2F2N2O2S/c13-6-3-10(17)12(16)11(4-6)21(19,20)18-7-1-2-9(15)8(14)5-7/h1-5,18H,17H2. The molecule has 0 bridgehead atoms. The molecule has 0 fully saturated rings. The van der Waals surface area contributed by atoms with Gasteiger partial charge in [-0.1, -0.05) is 23.2 Å². The summed E-state index contributed by atoms with van der Waals surface area (Å²) in [5.74, 6) is -1.84. The molecule has 2 aromatic carbocycles. The van der Waals surface area contributed by atoms with Crippen molar-refractivity contribution in [2.75, 3.05) is 10.5 Å². The van der Waals surface area contributed by atoms with Gasteiger partial charge in [0.1, 0.15) is 10.7 Å². The Bertz CT molecular complexity index is 813. The Hall–Kier alpha value is -1.57. The van der Waals surface area contributed by atoms with E-state index in [2.05, 4.69) is 4.72 Å². The molecule has 2 rings (SSSR count). The molecule has 0 aliphatic carbocycles. The smallest absolute Gasteiger partial charge is 0.264 e. The van der Waals surface area contributed by atoms with E-state index in [0.29, 0.717) is 0 Å². The number of halogens is 4. The van der Waals surface area contributed by atoms with Crippen LogP contribution in [0.25, 0.3) is 0 Å². The van der Waals surface area contributed by atoms with Gasteiger partial charge in [-0.2, -0.15) is 0 Å². The molecule has 0 aromatic heterocycles. The van der Waals surface area contributed by atoms with Gasteiger partial charge in [0.15, 0.2) is 5.82 Å². The Morgan fingerprint density at radius 3 is 2.38 bits per heavy atom. The summed E-state index contributed by atoms with van der Waals surface area (Å²) in [6.45, 7) is 0. The van der Waals surface area contributed by atoms with Gasteiger partial charge < -0.3 is 5.73 Å². The van der Waals surface area contributed by atoms with Crippen LogP contribution in [-0.4, -0.2) is 8.42 Å². The highest BCUT2D eigenvalue weighted by atomic mass is 35.5. The minimum atomic E-state index is -4.29. The van der Waals surface area contributed by atoms with Gasteiger partial charge in [0.25, 0.3) is 10.0 Å².